The van der Waals surface area contributed by atoms with E-state index in [1.165, 1.54) is 5.01 Å². The molecule has 10 heteroatoms. The molecular weight excluding hydrogens is 396 g/mol. The predicted molar refractivity (Wildman–Crippen MR) is 102 cm³/mol. The highest BCUT2D eigenvalue weighted by Crippen LogP contribution is 2.32. The molecule has 2 aliphatic heterocycles. The van der Waals surface area contributed by atoms with Crippen LogP contribution in [0.2, 0.25) is 5.02 Å². The molecule has 9 nitrogen and oxygen atoms in total. The van der Waals surface area contributed by atoms with Crippen LogP contribution >= 0.6 is 11.6 Å². The van der Waals surface area contributed by atoms with Gasteiger partial charge in [0.05, 0.1) is 5.69 Å². The summed E-state index contributed by atoms with van der Waals surface area (Å²) in [6.07, 6.45) is 0. The second kappa shape index (κ2) is 6.78. The molecule has 0 spiro atoms. The summed E-state index contributed by atoms with van der Waals surface area (Å²) in [5, 5.41) is 13.9. The SMILES string of the molecule is O=C1[C@H]2N=NN(Cc3nc(-c4ccc(Cl)cc4)no3)[C@H]2C(=O)N1c1ccccc1. The number of benzene rings is 2. The Morgan fingerprint density at radius 2 is 1.76 bits per heavy atom. The average molecular weight is 409 g/mol. The molecule has 5 rings (SSSR count). The molecule has 0 N–H and O–H groups in total. The number of hydrogen-bond acceptors (Lipinski definition) is 8. The van der Waals surface area contributed by atoms with Crippen LogP contribution in [-0.4, -0.2) is 39.0 Å². The molecule has 2 aromatic carbocycles. The Balaban J connectivity index is 1.36. The number of anilines is 1. The molecule has 2 atom stereocenters. The molecule has 2 aliphatic rings. The minimum atomic E-state index is -0.874. The molecule has 3 heterocycles. The Morgan fingerprint density at radius 1 is 1.00 bits per heavy atom. The van der Waals surface area contributed by atoms with Crippen molar-refractivity contribution in [3.63, 3.8) is 0 Å². The lowest BCUT2D eigenvalue weighted by molar-refractivity contribution is -0.123. The quantitative estimate of drug-likeness (QED) is 0.615. The van der Waals surface area contributed by atoms with Crippen LogP contribution in [0.1, 0.15) is 5.89 Å². The van der Waals surface area contributed by atoms with Gasteiger partial charge in [-0.05, 0) is 36.4 Å². The normalized spacial score (nSPS) is 20.6. The number of halogens is 1. The van der Waals surface area contributed by atoms with Crippen LogP contribution in [0.4, 0.5) is 5.69 Å². The molecule has 0 saturated carbocycles. The highest BCUT2D eigenvalue weighted by atomic mass is 35.5. The Labute approximate surface area is 169 Å². The van der Waals surface area contributed by atoms with E-state index >= 15 is 0 Å². The van der Waals surface area contributed by atoms with Crippen LogP contribution < -0.4 is 4.90 Å². The summed E-state index contributed by atoms with van der Waals surface area (Å²) >= 11 is 5.89. The van der Waals surface area contributed by atoms with E-state index in [0.717, 1.165) is 10.5 Å². The van der Waals surface area contributed by atoms with Crippen LogP contribution in [-0.2, 0) is 16.1 Å². The Hall–Kier alpha value is -3.59. The number of carbonyl (C=O) groups is 2. The molecule has 3 aromatic rings. The molecule has 29 heavy (non-hydrogen) atoms. The van der Waals surface area contributed by atoms with Gasteiger partial charge in [-0.1, -0.05) is 40.2 Å². The van der Waals surface area contributed by atoms with Crippen molar-refractivity contribution in [2.24, 2.45) is 10.3 Å². The number of amides is 2. The summed E-state index contributed by atoms with van der Waals surface area (Å²) < 4.78 is 5.29. The number of nitrogens with zero attached hydrogens (tertiary/aromatic N) is 6. The zero-order chi connectivity index (χ0) is 20.0. The first-order chi connectivity index (χ1) is 14.1. The van der Waals surface area contributed by atoms with Crippen molar-refractivity contribution >= 4 is 29.1 Å². The molecule has 0 unspecified atom stereocenters. The largest absolute Gasteiger partial charge is 0.337 e. The number of aromatic nitrogens is 2. The molecule has 144 valence electrons. The maximum Gasteiger partial charge on any atom is 0.263 e. The van der Waals surface area contributed by atoms with Crippen LogP contribution in [0.5, 0.6) is 0 Å². The fraction of sp³-hybridized carbons (Fsp3) is 0.158. The van der Waals surface area contributed by atoms with Gasteiger partial charge in [-0.3, -0.25) is 14.6 Å². The summed E-state index contributed by atoms with van der Waals surface area (Å²) in [5.74, 6) is -0.129. The third kappa shape index (κ3) is 2.95. The highest BCUT2D eigenvalue weighted by molar-refractivity contribution is 6.30. The van der Waals surface area contributed by atoms with E-state index in [-0.39, 0.29) is 18.3 Å². The van der Waals surface area contributed by atoms with E-state index in [2.05, 4.69) is 20.5 Å². The highest BCUT2D eigenvalue weighted by Gasteiger charge is 2.55. The third-order valence-electron chi connectivity index (χ3n) is 4.74. The fourth-order valence-corrected chi connectivity index (χ4v) is 3.49. The summed E-state index contributed by atoms with van der Waals surface area (Å²) in [5.41, 5.74) is 1.25. The molecule has 1 aromatic heterocycles. The van der Waals surface area contributed by atoms with Gasteiger partial charge in [-0.25, -0.2) is 4.90 Å². The van der Waals surface area contributed by atoms with Crippen LogP contribution in [0.3, 0.4) is 0 Å². The Bertz CT molecular complexity index is 1110. The lowest BCUT2D eigenvalue weighted by Crippen LogP contribution is -2.39. The van der Waals surface area contributed by atoms with E-state index in [4.69, 9.17) is 16.1 Å². The monoisotopic (exact) mass is 408 g/mol. The summed E-state index contributed by atoms with van der Waals surface area (Å²) in [4.78, 5) is 31.1. The minimum Gasteiger partial charge on any atom is -0.337 e. The summed E-state index contributed by atoms with van der Waals surface area (Å²) in [6.45, 7) is 0.0624. The van der Waals surface area contributed by atoms with Gasteiger partial charge in [0, 0.05) is 10.6 Å². The first-order valence-corrected chi connectivity index (χ1v) is 9.18. The second-order valence-corrected chi connectivity index (χ2v) is 6.99. The van der Waals surface area contributed by atoms with E-state index in [1.807, 2.05) is 6.07 Å². The zero-order valence-corrected chi connectivity index (χ0v) is 15.6. The van der Waals surface area contributed by atoms with Crippen molar-refractivity contribution in [3.8, 4) is 11.4 Å². The summed E-state index contributed by atoms with van der Waals surface area (Å²) in [6, 6.07) is 14.1. The van der Waals surface area contributed by atoms with Crippen molar-refractivity contribution < 1.29 is 14.1 Å². The molecule has 0 bridgehead atoms. The van der Waals surface area contributed by atoms with Gasteiger partial charge in [0.1, 0.15) is 6.54 Å². The molecule has 1 saturated heterocycles. The first-order valence-electron chi connectivity index (χ1n) is 8.80. The van der Waals surface area contributed by atoms with Gasteiger partial charge in [0.25, 0.3) is 11.8 Å². The first kappa shape index (κ1) is 17.5. The third-order valence-corrected chi connectivity index (χ3v) is 4.99. The topological polar surface area (TPSA) is 104 Å². The molecule has 0 radical (unpaired) electrons. The molecule has 1 fully saturated rings. The van der Waals surface area contributed by atoms with Crippen LogP contribution in [0.15, 0.2) is 69.5 Å². The molecular formula is C19H13ClN6O3. The average Bonchev–Trinajstić information content (AvgIpc) is 3.42. The van der Waals surface area contributed by atoms with E-state index in [1.54, 1.807) is 48.5 Å². The Kier molecular flexibility index (Phi) is 4.09. The van der Waals surface area contributed by atoms with Gasteiger partial charge in [0.2, 0.25) is 11.7 Å². The number of rotatable bonds is 4. The van der Waals surface area contributed by atoms with Gasteiger partial charge < -0.3 is 4.52 Å². The van der Waals surface area contributed by atoms with Gasteiger partial charge in [-0.2, -0.15) is 10.1 Å². The number of fused-ring (bicyclic) bond motifs is 1. The fourth-order valence-electron chi connectivity index (χ4n) is 3.36. The lowest BCUT2D eigenvalue weighted by Gasteiger charge is -2.19. The van der Waals surface area contributed by atoms with Crippen molar-refractivity contribution in [1.82, 2.24) is 15.1 Å². The van der Waals surface area contributed by atoms with Crippen LogP contribution in [0.25, 0.3) is 11.4 Å². The van der Waals surface area contributed by atoms with E-state index < -0.39 is 18.0 Å². The number of carbonyl (C=O) groups excluding carboxylic acids is 2. The van der Waals surface area contributed by atoms with Gasteiger partial charge in [-0.15, -0.1) is 0 Å². The van der Waals surface area contributed by atoms with E-state index in [0.29, 0.717) is 16.5 Å². The maximum atomic E-state index is 12.9. The lowest BCUT2D eigenvalue weighted by atomic mass is 10.1. The second-order valence-electron chi connectivity index (χ2n) is 6.56. The van der Waals surface area contributed by atoms with Gasteiger partial charge >= 0.3 is 0 Å². The Morgan fingerprint density at radius 3 is 2.52 bits per heavy atom. The standard InChI is InChI=1S/C19H13ClN6O3/c20-12-8-6-11(7-9-12)17-21-14(29-23-17)10-25-16-15(22-24-25)18(27)26(19(16)28)13-4-2-1-3-5-13/h1-9,15-16H,10H2/t15-,16+/m0/s1. The maximum absolute atomic E-state index is 12.9. The smallest absolute Gasteiger partial charge is 0.263 e. The van der Waals surface area contributed by atoms with E-state index in [9.17, 15) is 9.59 Å². The number of hydrogen-bond donors (Lipinski definition) is 0. The molecule has 2 amide bonds. The van der Waals surface area contributed by atoms with Crippen LogP contribution in [0, 0.1) is 0 Å². The van der Waals surface area contributed by atoms with Crippen molar-refractivity contribution in [2.75, 3.05) is 4.90 Å². The van der Waals surface area contributed by atoms with Crippen molar-refractivity contribution in [2.45, 2.75) is 18.6 Å². The predicted octanol–water partition coefficient (Wildman–Crippen LogP) is 2.88. The summed E-state index contributed by atoms with van der Waals surface area (Å²) in [7, 11) is 0. The number of imide groups is 1. The minimum absolute atomic E-state index is 0.0624. The number of para-hydroxylation sites is 1. The zero-order valence-electron chi connectivity index (χ0n) is 14.8. The van der Waals surface area contributed by atoms with Crippen molar-refractivity contribution in [3.05, 3.63) is 65.5 Å². The van der Waals surface area contributed by atoms with Gasteiger partial charge in [0.15, 0.2) is 12.1 Å². The van der Waals surface area contributed by atoms with Crippen molar-refractivity contribution in [1.29, 1.82) is 0 Å². The molecule has 0 aliphatic carbocycles.